The molecule has 18 heavy (non-hydrogen) atoms. The average molecular weight is 246 g/mol. The molecule has 0 amide bonds. The van der Waals surface area contributed by atoms with Crippen LogP contribution in [0, 0.1) is 0 Å². The molecule has 0 spiro atoms. The third-order valence-electron chi connectivity index (χ3n) is 2.62. The molecule has 0 atom stereocenters. The van der Waals surface area contributed by atoms with Gasteiger partial charge >= 0.3 is 0 Å². The molecule has 1 aromatic carbocycles. The fourth-order valence-electron chi connectivity index (χ4n) is 1.65. The highest BCUT2D eigenvalue weighted by Crippen LogP contribution is 2.21. The molecule has 0 unspecified atom stereocenters. The highest BCUT2D eigenvalue weighted by Gasteiger charge is 2.06. The minimum atomic E-state index is 0.644. The van der Waals surface area contributed by atoms with E-state index in [2.05, 4.69) is 17.2 Å². The topological polar surface area (TPSA) is 47.3 Å². The quantitative estimate of drug-likeness (QED) is 0.796. The third kappa shape index (κ3) is 3.11. The Morgan fingerprint density at radius 2 is 2.06 bits per heavy atom. The predicted octanol–water partition coefficient (Wildman–Crippen LogP) is 2.85. The van der Waals surface area contributed by atoms with E-state index in [0.29, 0.717) is 5.89 Å². The Morgan fingerprint density at radius 3 is 2.72 bits per heavy atom. The van der Waals surface area contributed by atoms with Gasteiger partial charge in [-0.15, -0.1) is 0 Å². The standard InChI is InChI=1S/C14H18N2O2/c1-3-8-15-9-12-10-18-14(16-12)11-4-6-13(17-2)7-5-11/h4-7,10,15H,3,8-9H2,1-2H3. The molecule has 0 aliphatic rings. The van der Waals surface area contributed by atoms with E-state index in [1.807, 2.05) is 24.3 Å². The van der Waals surface area contributed by atoms with Crippen LogP contribution >= 0.6 is 0 Å². The lowest BCUT2D eigenvalue weighted by Gasteiger charge is -1.99. The number of oxazole rings is 1. The maximum absolute atomic E-state index is 5.46. The SMILES string of the molecule is CCCNCc1coc(-c2ccc(OC)cc2)n1. The van der Waals surface area contributed by atoms with Crippen LogP contribution in [0.4, 0.5) is 0 Å². The zero-order valence-corrected chi connectivity index (χ0v) is 10.8. The number of hydrogen-bond donors (Lipinski definition) is 1. The molecule has 4 nitrogen and oxygen atoms in total. The van der Waals surface area contributed by atoms with Crippen LogP contribution in [-0.2, 0) is 6.54 Å². The summed E-state index contributed by atoms with van der Waals surface area (Å²) in [6, 6.07) is 7.67. The predicted molar refractivity (Wildman–Crippen MR) is 70.5 cm³/mol. The summed E-state index contributed by atoms with van der Waals surface area (Å²) in [6.45, 7) is 3.87. The van der Waals surface area contributed by atoms with Gasteiger partial charge in [-0.25, -0.2) is 4.98 Å². The average Bonchev–Trinajstić information content (AvgIpc) is 2.88. The minimum absolute atomic E-state index is 0.644. The Kier molecular flexibility index (Phi) is 4.36. The summed E-state index contributed by atoms with van der Waals surface area (Å²) in [7, 11) is 1.65. The van der Waals surface area contributed by atoms with Crippen LogP contribution in [0.3, 0.4) is 0 Å². The van der Waals surface area contributed by atoms with Crippen molar-refractivity contribution >= 4 is 0 Å². The summed E-state index contributed by atoms with van der Waals surface area (Å²) in [4.78, 5) is 4.44. The van der Waals surface area contributed by atoms with Gasteiger partial charge in [0.05, 0.1) is 12.8 Å². The molecular formula is C14H18N2O2. The third-order valence-corrected chi connectivity index (χ3v) is 2.62. The summed E-state index contributed by atoms with van der Waals surface area (Å²) < 4.78 is 10.6. The van der Waals surface area contributed by atoms with Gasteiger partial charge in [-0.05, 0) is 37.2 Å². The molecular weight excluding hydrogens is 228 g/mol. The van der Waals surface area contributed by atoms with Crippen molar-refractivity contribution in [1.29, 1.82) is 0 Å². The molecule has 0 aliphatic heterocycles. The van der Waals surface area contributed by atoms with Crippen molar-refractivity contribution in [3.8, 4) is 17.2 Å². The van der Waals surface area contributed by atoms with Crippen LogP contribution in [0.5, 0.6) is 5.75 Å². The molecule has 0 saturated heterocycles. The van der Waals surface area contributed by atoms with Crippen molar-refractivity contribution < 1.29 is 9.15 Å². The summed E-state index contributed by atoms with van der Waals surface area (Å²) >= 11 is 0. The van der Waals surface area contributed by atoms with Gasteiger partial charge in [0.2, 0.25) is 5.89 Å². The van der Waals surface area contributed by atoms with Crippen LogP contribution in [0.25, 0.3) is 11.5 Å². The van der Waals surface area contributed by atoms with Crippen LogP contribution in [0.1, 0.15) is 19.0 Å². The van der Waals surface area contributed by atoms with Gasteiger partial charge in [-0.1, -0.05) is 6.92 Å². The van der Waals surface area contributed by atoms with E-state index >= 15 is 0 Å². The molecule has 0 aliphatic carbocycles. The molecule has 2 aromatic rings. The minimum Gasteiger partial charge on any atom is -0.497 e. The van der Waals surface area contributed by atoms with Crippen molar-refractivity contribution in [3.05, 3.63) is 36.2 Å². The molecule has 96 valence electrons. The lowest BCUT2D eigenvalue weighted by molar-refractivity contribution is 0.415. The Labute approximate surface area is 107 Å². The van der Waals surface area contributed by atoms with Gasteiger partial charge in [-0.2, -0.15) is 0 Å². The van der Waals surface area contributed by atoms with Crippen molar-refractivity contribution in [2.24, 2.45) is 0 Å². The van der Waals surface area contributed by atoms with Crippen LogP contribution in [0.2, 0.25) is 0 Å². The Balaban J connectivity index is 2.04. The molecule has 0 radical (unpaired) electrons. The van der Waals surface area contributed by atoms with Gasteiger partial charge in [0.1, 0.15) is 12.0 Å². The first-order valence-corrected chi connectivity index (χ1v) is 6.13. The van der Waals surface area contributed by atoms with Gasteiger partial charge in [0.25, 0.3) is 0 Å². The largest absolute Gasteiger partial charge is 0.497 e. The molecule has 4 heteroatoms. The second-order valence-electron chi connectivity index (χ2n) is 4.05. The smallest absolute Gasteiger partial charge is 0.226 e. The number of nitrogens with zero attached hydrogens (tertiary/aromatic N) is 1. The number of ether oxygens (including phenoxy) is 1. The van der Waals surface area contributed by atoms with Crippen LogP contribution in [-0.4, -0.2) is 18.6 Å². The van der Waals surface area contributed by atoms with E-state index in [0.717, 1.165) is 36.5 Å². The number of rotatable bonds is 6. The van der Waals surface area contributed by atoms with E-state index < -0.39 is 0 Å². The Hall–Kier alpha value is -1.81. The van der Waals surface area contributed by atoms with Gasteiger partial charge in [0.15, 0.2) is 0 Å². The zero-order valence-electron chi connectivity index (χ0n) is 10.8. The number of nitrogens with one attached hydrogen (secondary N) is 1. The van der Waals surface area contributed by atoms with Crippen LogP contribution in [0.15, 0.2) is 34.9 Å². The summed E-state index contributed by atoms with van der Waals surface area (Å²) in [5, 5.41) is 3.29. The normalized spacial score (nSPS) is 10.6. The molecule has 2 rings (SSSR count). The van der Waals surface area contributed by atoms with E-state index in [4.69, 9.17) is 9.15 Å². The molecule has 1 aromatic heterocycles. The molecule has 1 heterocycles. The number of hydrogen-bond acceptors (Lipinski definition) is 4. The summed E-state index contributed by atoms with van der Waals surface area (Å²) in [5.74, 6) is 1.47. The molecule has 0 fully saturated rings. The van der Waals surface area contributed by atoms with Gasteiger partial charge < -0.3 is 14.5 Å². The number of benzene rings is 1. The second kappa shape index (κ2) is 6.21. The molecule has 0 saturated carbocycles. The molecule has 0 bridgehead atoms. The lowest BCUT2D eigenvalue weighted by atomic mass is 10.2. The first kappa shape index (κ1) is 12.6. The van der Waals surface area contributed by atoms with E-state index in [9.17, 15) is 0 Å². The number of aromatic nitrogens is 1. The highest BCUT2D eigenvalue weighted by molar-refractivity contribution is 5.54. The van der Waals surface area contributed by atoms with Crippen molar-refractivity contribution in [3.63, 3.8) is 0 Å². The van der Waals surface area contributed by atoms with Gasteiger partial charge in [0, 0.05) is 12.1 Å². The van der Waals surface area contributed by atoms with Crippen molar-refractivity contribution in [2.45, 2.75) is 19.9 Å². The lowest BCUT2D eigenvalue weighted by Crippen LogP contribution is -2.13. The highest BCUT2D eigenvalue weighted by atomic mass is 16.5. The zero-order chi connectivity index (χ0) is 12.8. The van der Waals surface area contributed by atoms with E-state index in [-0.39, 0.29) is 0 Å². The maximum atomic E-state index is 5.46. The van der Waals surface area contributed by atoms with Crippen molar-refractivity contribution in [1.82, 2.24) is 10.3 Å². The molecule has 1 N–H and O–H groups in total. The fraction of sp³-hybridized carbons (Fsp3) is 0.357. The monoisotopic (exact) mass is 246 g/mol. The number of methoxy groups -OCH3 is 1. The van der Waals surface area contributed by atoms with E-state index in [1.165, 1.54) is 0 Å². The van der Waals surface area contributed by atoms with Gasteiger partial charge in [-0.3, -0.25) is 0 Å². The van der Waals surface area contributed by atoms with Crippen molar-refractivity contribution in [2.75, 3.05) is 13.7 Å². The first-order valence-electron chi connectivity index (χ1n) is 6.13. The Morgan fingerprint density at radius 1 is 1.28 bits per heavy atom. The Bertz CT molecular complexity index is 477. The second-order valence-corrected chi connectivity index (χ2v) is 4.05. The summed E-state index contributed by atoms with van der Waals surface area (Å²) in [6.07, 6.45) is 2.81. The first-order chi connectivity index (χ1) is 8.83. The van der Waals surface area contributed by atoms with Crippen LogP contribution < -0.4 is 10.1 Å². The fourth-order valence-corrected chi connectivity index (χ4v) is 1.65. The maximum Gasteiger partial charge on any atom is 0.226 e. The van der Waals surface area contributed by atoms with E-state index in [1.54, 1.807) is 13.4 Å². The summed E-state index contributed by atoms with van der Waals surface area (Å²) in [5.41, 5.74) is 1.88.